The molecule has 0 fully saturated rings. The molecular weight excluding hydrogens is 237 g/mol. The van der Waals surface area contributed by atoms with Crippen molar-refractivity contribution in [3.63, 3.8) is 0 Å². The second-order valence-electron chi connectivity index (χ2n) is 3.64. The van der Waals surface area contributed by atoms with Gasteiger partial charge in [0.15, 0.2) is 0 Å². The van der Waals surface area contributed by atoms with Crippen LogP contribution in [-0.4, -0.2) is 11.4 Å². The Balaban J connectivity index is 3.18. The van der Waals surface area contributed by atoms with Gasteiger partial charge in [-0.1, -0.05) is 12.8 Å². The molecule has 2 N–H and O–H groups in total. The Morgan fingerprint density at radius 3 is 2.31 bits per heavy atom. The van der Waals surface area contributed by atoms with Crippen LogP contribution in [0.2, 0.25) is 0 Å². The van der Waals surface area contributed by atoms with Crippen molar-refractivity contribution in [3.05, 3.63) is 29.3 Å². The number of hydrogen-bond acceptors (Lipinski definition) is 3. The van der Waals surface area contributed by atoms with Crippen molar-refractivity contribution in [2.45, 2.75) is 19.1 Å². The average Bonchev–Trinajstić information content (AvgIpc) is 2.14. The van der Waals surface area contributed by atoms with Crippen molar-refractivity contribution in [3.8, 4) is 0 Å². The Kier molecular flexibility index (Phi) is 3.75. The Morgan fingerprint density at radius 1 is 1.31 bits per heavy atom. The molecule has 6 heteroatoms. The van der Waals surface area contributed by atoms with E-state index in [0.717, 1.165) is 12.1 Å². The van der Waals surface area contributed by atoms with Crippen LogP contribution < -0.4 is 5.73 Å². The summed E-state index contributed by atoms with van der Waals surface area (Å²) in [5.74, 6) is 0. The first kappa shape index (κ1) is 13.2. The van der Waals surface area contributed by atoms with Crippen molar-refractivity contribution < 1.29 is 13.2 Å². The fraction of sp³-hybridized carbons (Fsp3) is 0.400. The van der Waals surface area contributed by atoms with Crippen molar-refractivity contribution in [2.75, 3.05) is 12.8 Å². The zero-order valence-electron chi connectivity index (χ0n) is 8.92. The molecule has 0 amide bonds. The van der Waals surface area contributed by atoms with E-state index in [0.29, 0.717) is 5.56 Å². The Hall–Kier alpha value is -0.880. The molecule has 1 atom stereocenters. The number of hydrogen-bond donors (Lipinski definition) is 2. The maximum absolute atomic E-state index is 12.5. The van der Waals surface area contributed by atoms with Gasteiger partial charge in [-0.05, 0) is 37.7 Å². The number of benzene rings is 1. The molecule has 1 aromatic rings. The van der Waals surface area contributed by atoms with Gasteiger partial charge in [-0.15, -0.1) is 0 Å². The fourth-order valence-electron chi connectivity index (χ4n) is 1.30. The summed E-state index contributed by atoms with van der Waals surface area (Å²) >= 11 is 4.06. The summed E-state index contributed by atoms with van der Waals surface area (Å²) in [5, 5.41) is 0. The van der Waals surface area contributed by atoms with Gasteiger partial charge >= 0.3 is 6.18 Å². The van der Waals surface area contributed by atoms with E-state index in [-0.39, 0.29) is 11.7 Å². The third-order valence-electron chi connectivity index (χ3n) is 2.35. The first-order valence-electron chi connectivity index (χ1n) is 4.61. The Morgan fingerprint density at radius 2 is 1.88 bits per heavy atom. The summed E-state index contributed by atoms with van der Waals surface area (Å²) in [5.41, 5.74) is 5.31. The quantitative estimate of drug-likeness (QED) is 0.623. The number of rotatable bonds is 2. The van der Waals surface area contributed by atoms with Gasteiger partial charge in [-0.3, -0.25) is 0 Å². The third-order valence-corrected chi connectivity index (χ3v) is 2.69. The van der Waals surface area contributed by atoms with Gasteiger partial charge in [-0.2, -0.15) is 13.2 Å². The minimum atomic E-state index is -4.38. The Bertz CT molecular complexity index is 377. The number of nitrogens with two attached hydrogens (primary N) is 1. The predicted molar refractivity (Wildman–Crippen MR) is 61.0 cm³/mol. The van der Waals surface area contributed by atoms with Gasteiger partial charge in [0.2, 0.25) is 0 Å². The molecule has 0 saturated heterocycles. The third kappa shape index (κ3) is 3.05. The molecule has 0 spiro atoms. The summed E-state index contributed by atoms with van der Waals surface area (Å²) in [7, 11) is 1.67. The second-order valence-corrected chi connectivity index (χ2v) is 4.27. The van der Waals surface area contributed by atoms with Gasteiger partial charge in [-0.25, -0.2) is 4.31 Å². The average molecular weight is 250 g/mol. The summed E-state index contributed by atoms with van der Waals surface area (Å²) in [4.78, 5) is 0. The lowest BCUT2D eigenvalue weighted by Crippen LogP contribution is -2.14. The van der Waals surface area contributed by atoms with E-state index in [1.165, 1.54) is 10.4 Å². The maximum atomic E-state index is 12.5. The van der Waals surface area contributed by atoms with Crippen LogP contribution >= 0.6 is 12.8 Å². The minimum Gasteiger partial charge on any atom is -0.399 e. The molecule has 0 radical (unpaired) electrons. The molecule has 0 heterocycles. The van der Waals surface area contributed by atoms with E-state index >= 15 is 0 Å². The SMILES string of the molecule is C[C@H](c1cc(N)cc(C(F)(F)F)c1)N(C)S. The summed E-state index contributed by atoms with van der Waals surface area (Å²) in [6, 6.07) is 3.29. The summed E-state index contributed by atoms with van der Waals surface area (Å²) in [6.07, 6.45) is -4.38. The van der Waals surface area contributed by atoms with Crippen LogP contribution in [0.5, 0.6) is 0 Å². The molecular formula is C10H13F3N2S. The fourth-order valence-corrected chi connectivity index (χ4v) is 1.43. The first-order chi connectivity index (χ1) is 7.21. The van der Waals surface area contributed by atoms with Gasteiger partial charge < -0.3 is 5.73 Å². The maximum Gasteiger partial charge on any atom is 0.416 e. The molecule has 0 aliphatic rings. The van der Waals surface area contributed by atoms with Crippen molar-refractivity contribution in [1.82, 2.24) is 4.31 Å². The van der Waals surface area contributed by atoms with Crippen LogP contribution in [0.4, 0.5) is 18.9 Å². The van der Waals surface area contributed by atoms with Gasteiger partial charge in [0.05, 0.1) is 5.56 Å². The molecule has 0 bridgehead atoms. The second kappa shape index (κ2) is 4.55. The Labute approximate surface area is 97.8 Å². The molecule has 90 valence electrons. The van der Waals surface area contributed by atoms with E-state index < -0.39 is 11.7 Å². The van der Waals surface area contributed by atoms with Gasteiger partial charge in [0.1, 0.15) is 0 Å². The van der Waals surface area contributed by atoms with E-state index in [4.69, 9.17) is 5.73 Å². The lowest BCUT2D eigenvalue weighted by molar-refractivity contribution is -0.137. The topological polar surface area (TPSA) is 29.3 Å². The minimum absolute atomic E-state index is 0.104. The number of halogens is 3. The number of alkyl halides is 3. The molecule has 16 heavy (non-hydrogen) atoms. The molecule has 0 aliphatic carbocycles. The smallest absolute Gasteiger partial charge is 0.399 e. The molecule has 1 aromatic carbocycles. The number of anilines is 1. The van der Waals surface area contributed by atoms with Crippen molar-refractivity contribution in [2.24, 2.45) is 0 Å². The normalized spacial score (nSPS) is 14.2. The standard InChI is InChI=1S/C10H13F3N2S/c1-6(15(2)16)7-3-8(10(11,12)13)5-9(14)4-7/h3-6,16H,14H2,1-2H3/t6-/m1/s1. The monoisotopic (exact) mass is 250 g/mol. The first-order valence-corrected chi connectivity index (χ1v) is 5.01. The van der Waals surface area contributed by atoms with Crippen LogP contribution in [0.25, 0.3) is 0 Å². The van der Waals surface area contributed by atoms with Gasteiger partial charge in [0.25, 0.3) is 0 Å². The molecule has 1 rings (SSSR count). The zero-order chi connectivity index (χ0) is 12.5. The molecule has 0 aromatic heterocycles. The largest absolute Gasteiger partial charge is 0.416 e. The molecule has 0 unspecified atom stereocenters. The summed E-state index contributed by atoms with van der Waals surface area (Å²) < 4.78 is 39.1. The van der Waals surface area contributed by atoms with Crippen molar-refractivity contribution >= 4 is 18.5 Å². The van der Waals surface area contributed by atoms with Crippen LogP contribution in [0.15, 0.2) is 18.2 Å². The summed E-state index contributed by atoms with van der Waals surface area (Å²) in [6.45, 7) is 1.75. The van der Waals surface area contributed by atoms with Crippen LogP contribution in [-0.2, 0) is 6.18 Å². The van der Waals surface area contributed by atoms with E-state index in [2.05, 4.69) is 12.8 Å². The highest BCUT2D eigenvalue weighted by Crippen LogP contribution is 2.33. The number of nitrogens with zero attached hydrogens (tertiary/aromatic N) is 1. The lowest BCUT2D eigenvalue weighted by atomic mass is 10.0. The predicted octanol–water partition coefficient (Wildman–Crippen LogP) is 3.13. The van der Waals surface area contributed by atoms with E-state index in [1.807, 2.05) is 0 Å². The van der Waals surface area contributed by atoms with Crippen molar-refractivity contribution in [1.29, 1.82) is 0 Å². The molecule has 0 saturated carbocycles. The number of thiol groups is 1. The van der Waals surface area contributed by atoms with E-state index in [9.17, 15) is 13.2 Å². The van der Waals surface area contributed by atoms with E-state index in [1.54, 1.807) is 14.0 Å². The highest BCUT2D eigenvalue weighted by Gasteiger charge is 2.31. The highest BCUT2D eigenvalue weighted by molar-refractivity contribution is 7.77. The zero-order valence-corrected chi connectivity index (χ0v) is 9.81. The number of nitrogen functional groups attached to an aromatic ring is 1. The highest BCUT2D eigenvalue weighted by atomic mass is 32.1. The van der Waals surface area contributed by atoms with Crippen LogP contribution in [0.3, 0.4) is 0 Å². The van der Waals surface area contributed by atoms with Gasteiger partial charge in [0, 0.05) is 11.7 Å². The molecule has 2 nitrogen and oxygen atoms in total. The van der Waals surface area contributed by atoms with Crippen LogP contribution in [0, 0.1) is 0 Å². The molecule has 0 aliphatic heterocycles. The van der Waals surface area contributed by atoms with Crippen LogP contribution in [0.1, 0.15) is 24.1 Å². The lowest BCUT2D eigenvalue weighted by Gasteiger charge is -2.20.